The SMILES string of the molecule is Cc1ccc(S(=O)(=O)N(CC(=O)N/N=C\c2ccccc2Br)c2cccc(C)c2)cc1. The Labute approximate surface area is 190 Å². The van der Waals surface area contributed by atoms with E-state index in [0.717, 1.165) is 25.5 Å². The normalized spacial score (nSPS) is 11.5. The summed E-state index contributed by atoms with van der Waals surface area (Å²) in [5.74, 6) is -0.555. The number of hydrogen-bond donors (Lipinski definition) is 1. The molecule has 0 saturated heterocycles. The first-order valence-corrected chi connectivity index (χ1v) is 11.7. The number of carbonyl (C=O) groups excluding carboxylic acids is 1. The first-order valence-electron chi connectivity index (χ1n) is 9.50. The van der Waals surface area contributed by atoms with Gasteiger partial charge in [0.2, 0.25) is 0 Å². The number of hydrogen-bond acceptors (Lipinski definition) is 4. The molecule has 0 unspecified atom stereocenters. The molecule has 0 saturated carbocycles. The molecular formula is C23H22BrN3O3S. The molecule has 1 amide bonds. The molecule has 3 aromatic carbocycles. The molecule has 160 valence electrons. The summed E-state index contributed by atoms with van der Waals surface area (Å²) in [6.45, 7) is 3.33. The van der Waals surface area contributed by atoms with Crippen LogP contribution in [0.3, 0.4) is 0 Å². The highest BCUT2D eigenvalue weighted by atomic mass is 79.9. The van der Waals surface area contributed by atoms with Crippen LogP contribution in [0.15, 0.2) is 87.3 Å². The van der Waals surface area contributed by atoms with Crippen LogP contribution in [0, 0.1) is 13.8 Å². The lowest BCUT2D eigenvalue weighted by Gasteiger charge is -2.24. The number of hydrazone groups is 1. The second-order valence-corrected chi connectivity index (χ2v) is 9.70. The summed E-state index contributed by atoms with van der Waals surface area (Å²) in [6, 6.07) is 20.9. The second-order valence-electron chi connectivity index (χ2n) is 6.98. The van der Waals surface area contributed by atoms with Gasteiger partial charge in [-0.2, -0.15) is 5.10 Å². The number of aryl methyl sites for hydroxylation is 2. The van der Waals surface area contributed by atoms with Gasteiger partial charge in [0.25, 0.3) is 15.9 Å². The molecule has 0 heterocycles. The second kappa shape index (κ2) is 9.89. The van der Waals surface area contributed by atoms with Crippen LogP contribution in [-0.2, 0) is 14.8 Å². The molecule has 0 aliphatic heterocycles. The summed E-state index contributed by atoms with van der Waals surface area (Å²) in [4.78, 5) is 12.7. The zero-order valence-electron chi connectivity index (χ0n) is 17.1. The lowest BCUT2D eigenvalue weighted by atomic mass is 10.2. The van der Waals surface area contributed by atoms with E-state index in [9.17, 15) is 13.2 Å². The predicted molar refractivity (Wildman–Crippen MR) is 127 cm³/mol. The Morgan fingerprint density at radius 1 is 1.00 bits per heavy atom. The van der Waals surface area contributed by atoms with Crippen LogP contribution < -0.4 is 9.73 Å². The smallest absolute Gasteiger partial charge is 0.264 e. The highest BCUT2D eigenvalue weighted by Gasteiger charge is 2.27. The van der Waals surface area contributed by atoms with E-state index in [4.69, 9.17) is 0 Å². The van der Waals surface area contributed by atoms with Gasteiger partial charge < -0.3 is 0 Å². The van der Waals surface area contributed by atoms with Gasteiger partial charge in [0, 0.05) is 10.0 Å². The van der Waals surface area contributed by atoms with E-state index in [-0.39, 0.29) is 4.90 Å². The fraction of sp³-hybridized carbons (Fsp3) is 0.130. The molecule has 0 aliphatic carbocycles. The van der Waals surface area contributed by atoms with Gasteiger partial charge >= 0.3 is 0 Å². The largest absolute Gasteiger partial charge is 0.271 e. The van der Waals surface area contributed by atoms with E-state index >= 15 is 0 Å². The number of carbonyl (C=O) groups is 1. The predicted octanol–water partition coefficient (Wildman–Crippen LogP) is 4.41. The minimum Gasteiger partial charge on any atom is -0.271 e. The van der Waals surface area contributed by atoms with Gasteiger partial charge in [0.1, 0.15) is 6.54 Å². The molecule has 0 bridgehead atoms. The van der Waals surface area contributed by atoms with Crippen molar-refractivity contribution in [1.29, 1.82) is 0 Å². The van der Waals surface area contributed by atoms with Crippen LogP contribution >= 0.6 is 15.9 Å². The summed E-state index contributed by atoms with van der Waals surface area (Å²) in [5.41, 5.74) is 5.43. The molecule has 3 rings (SSSR count). The highest BCUT2D eigenvalue weighted by Crippen LogP contribution is 2.24. The van der Waals surface area contributed by atoms with Crippen molar-refractivity contribution in [3.05, 3.63) is 94.0 Å². The monoisotopic (exact) mass is 499 g/mol. The third kappa shape index (κ3) is 5.80. The fourth-order valence-electron chi connectivity index (χ4n) is 2.86. The molecule has 0 atom stereocenters. The number of nitrogens with zero attached hydrogens (tertiary/aromatic N) is 2. The van der Waals surface area contributed by atoms with Gasteiger partial charge in [0.15, 0.2) is 0 Å². The van der Waals surface area contributed by atoms with Crippen LogP contribution in [0.2, 0.25) is 0 Å². The van der Waals surface area contributed by atoms with Crippen molar-refractivity contribution in [3.63, 3.8) is 0 Å². The van der Waals surface area contributed by atoms with E-state index in [1.165, 1.54) is 18.3 Å². The molecule has 31 heavy (non-hydrogen) atoms. The third-order valence-corrected chi connectivity index (χ3v) is 6.99. The Morgan fingerprint density at radius 2 is 1.71 bits per heavy atom. The van der Waals surface area contributed by atoms with Crippen molar-refractivity contribution in [3.8, 4) is 0 Å². The van der Waals surface area contributed by atoms with E-state index < -0.39 is 22.5 Å². The Kier molecular flexibility index (Phi) is 7.25. The topological polar surface area (TPSA) is 78.8 Å². The molecule has 1 N–H and O–H groups in total. The van der Waals surface area contributed by atoms with Gasteiger partial charge in [0.05, 0.1) is 16.8 Å². The molecule has 6 nitrogen and oxygen atoms in total. The lowest BCUT2D eigenvalue weighted by molar-refractivity contribution is -0.119. The number of halogens is 1. The molecule has 0 spiro atoms. The van der Waals surface area contributed by atoms with Crippen LogP contribution in [0.5, 0.6) is 0 Å². The Hall–Kier alpha value is -2.97. The summed E-state index contributed by atoms with van der Waals surface area (Å²) in [5, 5.41) is 3.96. The Bertz CT molecular complexity index is 1210. The summed E-state index contributed by atoms with van der Waals surface area (Å²) >= 11 is 3.41. The van der Waals surface area contributed by atoms with Crippen molar-refractivity contribution < 1.29 is 13.2 Å². The maximum Gasteiger partial charge on any atom is 0.264 e. The third-order valence-electron chi connectivity index (χ3n) is 4.48. The maximum absolute atomic E-state index is 13.3. The van der Waals surface area contributed by atoms with E-state index in [2.05, 4.69) is 26.5 Å². The molecule has 0 radical (unpaired) electrons. The minimum absolute atomic E-state index is 0.115. The minimum atomic E-state index is -3.95. The number of benzene rings is 3. The standard InChI is InChI=1S/C23H22BrN3O3S/c1-17-10-12-21(13-11-17)31(29,30)27(20-8-5-6-18(2)14-20)16-23(28)26-25-15-19-7-3-4-9-22(19)24/h3-15H,16H2,1-2H3,(H,26,28)/b25-15-. The van der Waals surface area contributed by atoms with Crippen LogP contribution in [0.25, 0.3) is 0 Å². The van der Waals surface area contributed by atoms with Crippen molar-refractivity contribution in [1.82, 2.24) is 5.43 Å². The molecule has 0 aliphatic rings. The van der Waals surface area contributed by atoms with Crippen molar-refractivity contribution in [2.75, 3.05) is 10.8 Å². The fourth-order valence-corrected chi connectivity index (χ4v) is 4.65. The zero-order chi connectivity index (χ0) is 22.4. The maximum atomic E-state index is 13.3. The Balaban J connectivity index is 1.86. The van der Waals surface area contributed by atoms with Gasteiger partial charge in [-0.15, -0.1) is 0 Å². The number of nitrogens with one attached hydrogen (secondary N) is 1. The molecule has 0 aromatic heterocycles. The number of sulfonamides is 1. The summed E-state index contributed by atoms with van der Waals surface area (Å²) < 4.78 is 28.6. The average molecular weight is 500 g/mol. The zero-order valence-corrected chi connectivity index (χ0v) is 19.5. The number of rotatable bonds is 7. The molecule has 3 aromatic rings. The quantitative estimate of drug-likeness (QED) is 0.386. The highest BCUT2D eigenvalue weighted by molar-refractivity contribution is 9.10. The Morgan fingerprint density at radius 3 is 2.39 bits per heavy atom. The van der Waals surface area contributed by atoms with Crippen molar-refractivity contribution >= 4 is 43.8 Å². The van der Waals surface area contributed by atoms with Crippen LogP contribution in [-0.4, -0.2) is 27.1 Å². The number of anilines is 1. The van der Waals surface area contributed by atoms with Crippen molar-refractivity contribution in [2.45, 2.75) is 18.7 Å². The van der Waals surface area contributed by atoms with Gasteiger partial charge in [-0.05, 0) is 49.7 Å². The van der Waals surface area contributed by atoms with E-state index in [1.54, 1.807) is 30.3 Å². The molecule has 8 heteroatoms. The molecule has 0 fully saturated rings. The first-order chi connectivity index (χ1) is 14.8. The number of amides is 1. The summed E-state index contributed by atoms with van der Waals surface area (Å²) in [6.07, 6.45) is 1.49. The van der Waals surface area contributed by atoms with Gasteiger partial charge in [-0.25, -0.2) is 13.8 Å². The van der Waals surface area contributed by atoms with Gasteiger partial charge in [-0.1, -0.05) is 64.0 Å². The van der Waals surface area contributed by atoms with Crippen LogP contribution in [0.4, 0.5) is 5.69 Å². The summed E-state index contributed by atoms with van der Waals surface area (Å²) in [7, 11) is -3.95. The van der Waals surface area contributed by atoms with Gasteiger partial charge in [-0.3, -0.25) is 9.10 Å². The first kappa shape index (κ1) is 22.7. The van der Waals surface area contributed by atoms with Crippen LogP contribution in [0.1, 0.15) is 16.7 Å². The van der Waals surface area contributed by atoms with Crippen molar-refractivity contribution in [2.24, 2.45) is 5.10 Å². The van der Waals surface area contributed by atoms with E-state index in [1.807, 2.05) is 44.2 Å². The average Bonchev–Trinajstić information content (AvgIpc) is 2.73. The van der Waals surface area contributed by atoms with E-state index in [0.29, 0.717) is 5.69 Å². The molecular weight excluding hydrogens is 478 g/mol. The lowest BCUT2D eigenvalue weighted by Crippen LogP contribution is -2.39.